The van der Waals surface area contributed by atoms with Crippen LogP contribution in [-0.2, 0) is 28.5 Å². The smallest absolute Gasteiger partial charge is 0.340 e. The Morgan fingerprint density at radius 2 is 1.20 bits per heavy atom. The highest BCUT2D eigenvalue weighted by Crippen LogP contribution is 2.35. The third-order valence-corrected chi connectivity index (χ3v) is 8.63. The van der Waals surface area contributed by atoms with Crippen LogP contribution in [0, 0.1) is 6.92 Å². The van der Waals surface area contributed by atoms with E-state index in [2.05, 4.69) is 11.9 Å². The molecule has 0 amide bonds. The SMILES string of the molecule is CCCCCCCCOC(=O)/C=C/c1c(C)[nH]c(=O)n([C@@H]2O[C@H](OC(=O)c3ccccc3)[C@@H](OC(=O)c3ccccc3)[C@H]2OC(=O)c2ccccc2)c1=O. The van der Waals surface area contributed by atoms with Crippen molar-refractivity contribution in [3.63, 3.8) is 0 Å². The van der Waals surface area contributed by atoms with Crippen molar-refractivity contribution in [1.82, 2.24) is 9.55 Å². The van der Waals surface area contributed by atoms with Gasteiger partial charge in [0.15, 0.2) is 12.3 Å². The van der Waals surface area contributed by atoms with Gasteiger partial charge in [0.1, 0.15) is 0 Å². The summed E-state index contributed by atoms with van der Waals surface area (Å²) in [5.41, 5.74) is -1.57. The van der Waals surface area contributed by atoms with Gasteiger partial charge in [0.05, 0.1) is 28.9 Å². The summed E-state index contributed by atoms with van der Waals surface area (Å²) in [6.07, 6.45) is 1.38. The Morgan fingerprint density at radius 1 is 0.704 bits per heavy atom. The Kier molecular flexibility index (Phi) is 13.9. The van der Waals surface area contributed by atoms with Gasteiger partial charge in [-0.25, -0.2) is 28.5 Å². The number of carbonyl (C=O) groups is 4. The van der Waals surface area contributed by atoms with Crippen LogP contribution in [-0.4, -0.2) is 58.5 Å². The number of nitrogens with one attached hydrogen (secondary N) is 1. The molecule has 0 radical (unpaired) electrons. The highest BCUT2D eigenvalue weighted by molar-refractivity contribution is 5.91. The minimum atomic E-state index is -1.79. The Hall–Kier alpha value is -6.08. The minimum absolute atomic E-state index is 0.0994. The standard InChI is InChI=1S/C41H42N2O11/c1-3-4-5-6-7-17-26-50-32(44)25-24-31-27(2)42-41(49)43(35(31)45)36-33(51-37(46)28-18-11-8-12-19-28)34(52-38(47)29-20-13-9-14-21-29)40(53-36)54-39(48)30-22-15-10-16-23-30/h8-16,18-25,33-34,36,40H,3-7,17,26H2,1-2H3,(H,42,49)/b25-24+/t33-,34+,36-,40-/m1/s1. The zero-order valence-corrected chi connectivity index (χ0v) is 30.0. The van der Waals surface area contributed by atoms with Crippen molar-refractivity contribution in [2.45, 2.75) is 77.1 Å². The van der Waals surface area contributed by atoms with Crippen LogP contribution in [0.2, 0.25) is 0 Å². The van der Waals surface area contributed by atoms with Crippen LogP contribution in [0.4, 0.5) is 0 Å². The number of aryl methyl sites for hydroxylation is 1. The van der Waals surface area contributed by atoms with Gasteiger partial charge < -0.3 is 28.7 Å². The molecule has 0 saturated carbocycles. The maximum Gasteiger partial charge on any atom is 0.340 e. The van der Waals surface area contributed by atoms with Gasteiger partial charge in [-0.1, -0.05) is 93.6 Å². The van der Waals surface area contributed by atoms with Gasteiger partial charge in [0.2, 0.25) is 12.4 Å². The van der Waals surface area contributed by atoms with Gasteiger partial charge in [0, 0.05) is 11.8 Å². The highest BCUT2D eigenvalue weighted by atomic mass is 16.8. The zero-order valence-electron chi connectivity index (χ0n) is 30.0. The van der Waals surface area contributed by atoms with Gasteiger partial charge in [-0.05, 0) is 55.8 Å². The molecule has 1 N–H and O–H groups in total. The quantitative estimate of drug-likeness (QED) is 0.0626. The van der Waals surface area contributed by atoms with Crippen LogP contribution in [0.25, 0.3) is 6.08 Å². The zero-order chi connectivity index (χ0) is 38.5. The van der Waals surface area contributed by atoms with E-state index < -0.39 is 59.9 Å². The Balaban J connectivity index is 1.50. The minimum Gasteiger partial charge on any atom is -0.463 e. The molecule has 0 bridgehead atoms. The maximum atomic E-state index is 14.1. The van der Waals surface area contributed by atoms with Crippen molar-refractivity contribution in [3.05, 3.63) is 146 Å². The number of unbranched alkanes of at least 4 members (excludes halogenated alkanes) is 5. The third kappa shape index (κ3) is 10.1. The number of carbonyl (C=O) groups excluding carboxylic acids is 4. The molecule has 5 rings (SSSR count). The van der Waals surface area contributed by atoms with E-state index in [-0.39, 0.29) is 34.6 Å². The Labute approximate surface area is 311 Å². The maximum absolute atomic E-state index is 14.1. The number of hydrogen-bond acceptors (Lipinski definition) is 11. The molecule has 3 aromatic carbocycles. The summed E-state index contributed by atoms with van der Waals surface area (Å²) in [5, 5.41) is 0. The summed E-state index contributed by atoms with van der Waals surface area (Å²) < 4.78 is 29.3. The van der Waals surface area contributed by atoms with Gasteiger partial charge in [0.25, 0.3) is 5.56 Å². The van der Waals surface area contributed by atoms with E-state index >= 15 is 0 Å². The largest absolute Gasteiger partial charge is 0.463 e. The first-order valence-electron chi connectivity index (χ1n) is 17.8. The van der Waals surface area contributed by atoms with Crippen LogP contribution in [0.1, 0.15) is 94.0 Å². The van der Waals surface area contributed by atoms with E-state index in [1.807, 2.05) is 0 Å². The lowest BCUT2D eigenvalue weighted by atomic mass is 10.1. The molecule has 2 heterocycles. The summed E-state index contributed by atoms with van der Waals surface area (Å²) in [7, 11) is 0. The van der Waals surface area contributed by atoms with E-state index in [1.54, 1.807) is 54.6 Å². The van der Waals surface area contributed by atoms with Crippen molar-refractivity contribution < 1.29 is 42.9 Å². The Bertz CT molecular complexity index is 2040. The molecule has 4 aromatic rings. The summed E-state index contributed by atoms with van der Waals surface area (Å²) in [5.74, 6) is -3.37. The van der Waals surface area contributed by atoms with Crippen molar-refractivity contribution in [1.29, 1.82) is 0 Å². The average Bonchev–Trinajstić information content (AvgIpc) is 3.49. The first-order chi connectivity index (χ1) is 26.2. The van der Waals surface area contributed by atoms with Crippen LogP contribution in [0.3, 0.4) is 0 Å². The number of benzene rings is 3. The predicted molar refractivity (Wildman–Crippen MR) is 196 cm³/mol. The fraction of sp³-hybridized carbons (Fsp3) is 0.317. The molecular weight excluding hydrogens is 696 g/mol. The normalized spacial score (nSPS) is 17.9. The predicted octanol–water partition coefficient (Wildman–Crippen LogP) is 5.93. The number of aromatic amines is 1. The van der Waals surface area contributed by atoms with Gasteiger partial charge in [-0.15, -0.1) is 0 Å². The molecule has 54 heavy (non-hydrogen) atoms. The molecule has 13 nitrogen and oxygen atoms in total. The number of H-pyrrole nitrogens is 1. The molecule has 1 aromatic heterocycles. The molecular formula is C41H42N2O11. The lowest BCUT2D eigenvalue weighted by Gasteiger charge is -2.24. The molecule has 0 spiro atoms. The topological polar surface area (TPSA) is 169 Å². The van der Waals surface area contributed by atoms with Crippen LogP contribution < -0.4 is 11.2 Å². The van der Waals surface area contributed by atoms with Crippen molar-refractivity contribution >= 4 is 30.0 Å². The number of hydrogen-bond donors (Lipinski definition) is 1. The number of aromatic nitrogens is 2. The number of ether oxygens (including phenoxy) is 5. The van der Waals surface area contributed by atoms with Crippen LogP contribution in [0.15, 0.2) is 107 Å². The lowest BCUT2D eigenvalue weighted by molar-refractivity contribution is -0.149. The molecule has 1 saturated heterocycles. The molecule has 1 aliphatic heterocycles. The highest BCUT2D eigenvalue weighted by Gasteiger charge is 2.54. The van der Waals surface area contributed by atoms with E-state index in [1.165, 1.54) is 49.4 Å². The average molecular weight is 739 g/mol. The molecule has 0 aliphatic carbocycles. The number of esters is 4. The van der Waals surface area contributed by atoms with Crippen LogP contribution in [0.5, 0.6) is 0 Å². The summed E-state index contributed by atoms with van der Waals surface area (Å²) in [6.45, 7) is 3.81. The van der Waals surface area contributed by atoms with Gasteiger partial charge in [-0.2, -0.15) is 0 Å². The third-order valence-electron chi connectivity index (χ3n) is 8.63. The van der Waals surface area contributed by atoms with Gasteiger partial charge >= 0.3 is 29.6 Å². The monoisotopic (exact) mass is 738 g/mol. The van der Waals surface area contributed by atoms with E-state index in [0.717, 1.165) is 38.2 Å². The Morgan fingerprint density at radius 3 is 1.76 bits per heavy atom. The second-order valence-corrected chi connectivity index (χ2v) is 12.6. The lowest BCUT2D eigenvalue weighted by Crippen LogP contribution is -2.46. The summed E-state index contributed by atoms with van der Waals surface area (Å²) in [6, 6.07) is 23.6. The molecule has 282 valence electrons. The van der Waals surface area contributed by atoms with E-state index in [4.69, 9.17) is 23.7 Å². The molecule has 4 atom stereocenters. The second-order valence-electron chi connectivity index (χ2n) is 12.6. The van der Waals surface area contributed by atoms with E-state index in [0.29, 0.717) is 11.0 Å². The van der Waals surface area contributed by atoms with E-state index in [9.17, 15) is 28.8 Å². The molecule has 0 unspecified atom stereocenters. The van der Waals surface area contributed by atoms with Crippen molar-refractivity contribution in [3.8, 4) is 0 Å². The summed E-state index contributed by atoms with van der Waals surface area (Å²) >= 11 is 0. The number of nitrogens with zero attached hydrogens (tertiary/aromatic N) is 1. The molecule has 13 heteroatoms. The molecule has 1 fully saturated rings. The number of rotatable bonds is 16. The summed E-state index contributed by atoms with van der Waals surface area (Å²) in [4.78, 5) is 83.0. The van der Waals surface area contributed by atoms with Gasteiger partial charge in [-0.3, -0.25) is 4.79 Å². The fourth-order valence-electron chi connectivity index (χ4n) is 5.79. The van der Waals surface area contributed by atoms with Crippen LogP contribution >= 0.6 is 0 Å². The first-order valence-corrected chi connectivity index (χ1v) is 17.8. The fourth-order valence-corrected chi connectivity index (χ4v) is 5.79. The first kappa shape index (κ1) is 39.1. The second kappa shape index (κ2) is 19.1. The van der Waals surface area contributed by atoms with Crippen molar-refractivity contribution in [2.24, 2.45) is 0 Å². The van der Waals surface area contributed by atoms with Crippen molar-refractivity contribution in [2.75, 3.05) is 6.61 Å². The molecule has 1 aliphatic rings.